The fraction of sp³-hybridized carbons (Fsp3) is 0.462. The molecule has 0 aromatic heterocycles. The van der Waals surface area contributed by atoms with E-state index in [-0.39, 0.29) is 6.03 Å². The van der Waals surface area contributed by atoms with Crippen LogP contribution in [0.4, 0.5) is 10.5 Å². The van der Waals surface area contributed by atoms with E-state index in [1.165, 1.54) is 12.8 Å². The van der Waals surface area contributed by atoms with Crippen LogP contribution in [0.2, 0.25) is 5.02 Å². The molecule has 1 aliphatic rings. The van der Waals surface area contributed by atoms with E-state index in [1.807, 2.05) is 0 Å². The smallest absolute Gasteiger partial charge is 0.319 e. The molecule has 98 valence electrons. The summed E-state index contributed by atoms with van der Waals surface area (Å²) in [7, 11) is 1.55. The van der Waals surface area contributed by atoms with Crippen LogP contribution in [-0.4, -0.2) is 19.2 Å². The van der Waals surface area contributed by atoms with E-state index >= 15 is 0 Å². The monoisotopic (exact) mass is 268 g/mol. The Labute approximate surface area is 112 Å². The zero-order valence-corrected chi connectivity index (χ0v) is 11.1. The van der Waals surface area contributed by atoms with Gasteiger partial charge in [-0.25, -0.2) is 4.79 Å². The van der Waals surface area contributed by atoms with Gasteiger partial charge in [0.2, 0.25) is 0 Å². The summed E-state index contributed by atoms with van der Waals surface area (Å²) in [5.74, 6) is 0.551. The maximum Gasteiger partial charge on any atom is 0.319 e. The van der Waals surface area contributed by atoms with Crippen LogP contribution in [0.1, 0.15) is 25.7 Å². The van der Waals surface area contributed by atoms with Gasteiger partial charge >= 0.3 is 6.03 Å². The Bertz CT molecular complexity index is 431. The van der Waals surface area contributed by atoms with Gasteiger partial charge in [-0.1, -0.05) is 24.4 Å². The van der Waals surface area contributed by atoms with Gasteiger partial charge < -0.3 is 15.4 Å². The van der Waals surface area contributed by atoms with Crippen molar-refractivity contribution in [3.05, 3.63) is 23.2 Å². The maximum atomic E-state index is 11.8. The molecule has 2 N–H and O–H groups in total. The molecule has 0 radical (unpaired) electrons. The average molecular weight is 269 g/mol. The van der Waals surface area contributed by atoms with Gasteiger partial charge in [-0.3, -0.25) is 0 Å². The lowest BCUT2D eigenvalue weighted by atomic mass is 10.2. The van der Waals surface area contributed by atoms with Crippen LogP contribution in [0.3, 0.4) is 0 Å². The molecule has 18 heavy (non-hydrogen) atoms. The second-order valence-corrected chi connectivity index (χ2v) is 4.84. The maximum absolute atomic E-state index is 11.8. The molecule has 0 unspecified atom stereocenters. The summed E-state index contributed by atoms with van der Waals surface area (Å²) in [5.41, 5.74) is 0.673. The molecule has 1 aromatic carbocycles. The molecule has 1 aliphatic carbocycles. The first-order valence-corrected chi connectivity index (χ1v) is 6.48. The largest absolute Gasteiger partial charge is 0.495 e. The van der Waals surface area contributed by atoms with Crippen LogP contribution in [0.15, 0.2) is 18.2 Å². The van der Waals surface area contributed by atoms with E-state index < -0.39 is 0 Å². The van der Waals surface area contributed by atoms with Gasteiger partial charge in [0, 0.05) is 17.8 Å². The predicted octanol–water partition coefficient (Wildman–Crippen LogP) is 3.41. The molecule has 0 spiro atoms. The standard InChI is InChI=1S/C13H17ClN2O2/c1-18-12-8-10(6-7-11(12)14)16-13(17)15-9-4-2-3-5-9/h6-9H,2-5H2,1H3,(H2,15,16,17). The van der Waals surface area contributed by atoms with Crippen molar-refractivity contribution >= 4 is 23.3 Å². The highest BCUT2D eigenvalue weighted by Gasteiger charge is 2.17. The van der Waals surface area contributed by atoms with E-state index in [2.05, 4.69) is 10.6 Å². The topological polar surface area (TPSA) is 50.4 Å². The zero-order chi connectivity index (χ0) is 13.0. The van der Waals surface area contributed by atoms with Gasteiger partial charge in [0.15, 0.2) is 0 Å². The molecule has 2 amide bonds. The summed E-state index contributed by atoms with van der Waals surface area (Å²) in [4.78, 5) is 11.8. The second kappa shape index (κ2) is 5.96. The molecule has 1 aromatic rings. The predicted molar refractivity (Wildman–Crippen MR) is 72.4 cm³/mol. The molecule has 1 saturated carbocycles. The number of ether oxygens (including phenoxy) is 1. The van der Waals surface area contributed by atoms with E-state index in [9.17, 15) is 4.79 Å². The van der Waals surface area contributed by atoms with Crippen molar-refractivity contribution in [1.82, 2.24) is 5.32 Å². The molecule has 5 heteroatoms. The molecule has 0 bridgehead atoms. The van der Waals surface area contributed by atoms with E-state index in [0.717, 1.165) is 12.8 Å². The number of anilines is 1. The number of benzene rings is 1. The van der Waals surface area contributed by atoms with Crippen LogP contribution in [0.25, 0.3) is 0 Å². The van der Waals surface area contributed by atoms with Gasteiger partial charge in [0.25, 0.3) is 0 Å². The third-order valence-corrected chi connectivity index (χ3v) is 3.41. The molecular formula is C13H17ClN2O2. The van der Waals surface area contributed by atoms with Crippen molar-refractivity contribution in [3.63, 3.8) is 0 Å². The summed E-state index contributed by atoms with van der Waals surface area (Å²) >= 11 is 5.92. The quantitative estimate of drug-likeness (QED) is 0.883. The van der Waals surface area contributed by atoms with Gasteiger partial charge in [-0.2, -0.15) is 0 Å². The number of rotatable bonds is 3. The van der Waals surface area contributed by atoms with Crippen LogP contribution < -0.4 is 15.4 Å². The first-order chi connectivity index (χ1) is 8.69. The van der Waals surface area contributed by atoms with E-state index in [1.54, 1.807) is 25.3 Å². The lowest BCUT2D eigenvalue weighted by Crippen LogP contribution is -2.36. The van der Waals surface area contributed by atoms with Crippen molar-refractivity contribution < 1.29 is 9.53 Å². The fourth-order valence-electron chi connectivity index (χ4n) is 2.16. The van der Waals surface area contributed by atoms with Gasteiger partial charge in [0.05, 0.1) is 12.1 Å². The minimum atomic E-state index is -0.175. The number of hydrogen-bond acceptors (Lipinski definition) is 2. The van der Waals surface area contributed by atoms with Gasteiger partial charge in [0.1, 0.15) is 5.75 Å². The van der Waals surface area contributed by atoms with Crippen molar-refractivity contribution in [3.8, 4) is 5.75 Å². The molecule has 0 aliphatic heterocycles. The zero-order valence-electron chi connectivity index (χ0n) is 10.3. The number of methoxy groups -OCH3 is 1. The molecule has 1 fully saturated rings. The Morgan fingerprint density at radius 3 is 2.78 bits per heavy atom. The van der Waals surface area contributed by atoms with Crippen LogP contribution in [0.5, 0.6) is 5.75 Å². The van der Waals surface area contributed by atoms with Crippen molar-refractivity contribution in [2.75, 3.05) is 12.4 Å². The van der Waals surface area contributed by atoms with Crippen molar-refractivity contribution in [2.45, 2.75) is 31.7 Å². The third kappa shape index (κ3) is 3.29. The molecule has 0 saturated heterocycles. The Hall–Kier alpha value is -1.42. The molecule has 2 rings (SSSR count). The first kappa shape index (κ1) is 13.0. The lowest BCUT2D eigenvalue weighted by molar-refractivity contribution is 0.248. The van der Waals surface area contributed by atoms with Gasteiger partial charge in [-0.05, 0) is 25.0 Å². The first-order valence-electron chi connectivity index (χ1n) is 6.10. The van der Waals surface area contributed by atoms with Crippen molar-refractivity contribution in [2.24, 2.45) is 0 Å². The minimum Gasteiger partial charge on any atom is -0.495 e. The Morgan fingerprint density at radius 2 is 2.11 bits per heavy atom. The summed E-state index contributed by atoms with van der Waals surface area (Å²) < 4.78 is 5.10. The molecule has 4 nitrogen and oxygen atoms in total. The summed E-state index contributed by atoms with van der Waals surface area (Å²) in [6.07, 6.45) is 4.52. The highest BCUT2D eigenvalue weighted by Crippen LogP contribution is 2.27. The highest BCUT2D eigenvalue weighted by atomic mass is 35.5. The van der Waals surface area contributed by atoms with Crippen LogP contribution in [-0.2, 0) is 0 Å². The number of amides is 2. The van der Waals surface area contributed by atoms with Crippen LogP contribution in [0, 0.1) is 0 Å². The number of hydrogen-bond donors (Lipinski definition) is 2. The van der Waals surface area contributed by atoms with E-state index in [0.29, 0.717) is 22.5 Å². The Kier molecular flexibility index (Phi) is 4.31. The molecular weight excluding hydrogens is 252 g/mol. The Morgan fingerprint density at radius 1 is 1.39 bits per heavy atom. The van der Waals surface area contributed by atoms with Gasteiger partial charge in [-0.15, -0.1) is 0 Å². The number of carbonyl (C=O) groups excluding carboxylic acids is 1. The molecule has 0 atom stereocenters. The number of halogens is 1. The van der Waals surface area contributed by atoms with Crippen molar-refractivity contribution in [1.29, 1.82) is 0 Å². The number of carbonyl (C=O) groups is 1. The van der Waals surface area contributed by atoms with E-state index in [4.69, 9.17) is 16.3 Å². The molecule has 0 heterocycles. The second-order valence-electron chi connectivity index (χ2n) is 4.43. The number of nitrogens with one attached hydrogen (secondary N) is 2. The Balaban J connectivity index is 1.93. The summed E-state index contributed by atoms with van der Waals surface area (Å²) in [6.45, 7) is 0. The average Bonchev–Trinajstić information content (AvgIpc) is 2.84. The SMILES string of the molecule is COc1cc(NC(=O)NC2CCCC2)ccc1Cl. The summed E-state index contributed by atoms with van der Waals surface area (Å²) in [6, 6.07) is 5.28. The third-order valence-electron chi connectivity index (χ3n) is 3.10. The highest BCUT2D eigenvalue weighted by molar-refractivity contribution is 6.32. The summed E-state index contributed by atoms with van der Waals surface area (Å²) in [5, 5.41) is 6.26. The normalized spacial score (nSPS) is 15.4. The fourth-order valence-corrected chi connectivity index (χ4v) is 2.35. The minimum absolute atomic E-state index is 0.175. The lowest BCUT2D eigenvalue weighted by Gasteiger charge is -2.13. The number of urea groups is 1. The van der Waals surface area contributed by atoms with Crippen LogP contribution >= 0.6 is 11.6 Å².